The molecule has 1 aliphatic carbocycles. The number of benzene rings is 1. The van der Waals surface area contributed by atoms with E-state index in [9.17, 15) is 4.79 Å². The molecule has 4 heteroatoms. The summed E-state index contributed by atoms with van der Waals surface area (Å²) >= 11 is 0. The molecule has 0 aromatic heterocycles. The minimum atomic E-state index is 0.0260. The summed E-state index contributed by atoms with van der Waals surface area (Å²) in [7, 11) is 0. The van der Waals surface area contributed by atoms with Crippen molar-refractivity contribution in [1.82, 2.24) is 0 Å². The first-order chi connectivity index (χ1) is 10.2. The summed E-state index contributed by atoms with van der Waals surface area (Å²) < 4.78 is 5.89. The van der Waals surface area contributed by atoms with Crippen molar-refractivity contribution < 1.29 is 9.53 Å². The molecule has 1 fully saturated rings. The normalized spacial score (nSPS) is 22.6. The number of nitrogens with two attached hydrogens (primary N) is 1. The molecular weight excluding hydrogens is 264 g/mol. The van der Waals surface area contributed by atoms with Gasteiger partial charge < -0.3 is 15.4 Å². The predicted molar refractivity (Wildman–Crippen MR) is 83.4 cm³/mol. The van der Waals surface area contributed by atoms with E-state index in [4.69, 9.17) is 10.5 Å². The van der Waals surface area contributed by atoms with Crippen LogP contribution in [0.25, 0.3) is 0 Å². The van der Waals surface area contributed by atoms with E-state index in [2.05, 4.69) is 0 Å². The van der Waals surface area contributed by atoms with Crippen molar-refractivity contribution in [2.75, 3.05) is 11.4 Å². The van der Waals surface area contributed by atoms with Crippen LogP contribution in [0.15, 0.2) is 18.2 Å². The second-order valence-corrected chi connectivity index (χ2v) is 6.22. The Morgan fingerprint density at radius 3 is 2.81 bits per heavy atom. The van der Waals surface area contributed by atoms with E-state index in [0.29, 0.717) is 13.1 Å². The number of rotatable bonds is 2. The summed E-state index contributed by atoms with van der Waals surface area (Å²) in [5.41, 5.74) is 7.63. The summed E-state index contributed by atoms with van der Waals surface area (Å²) in [5, 5.41) is 0. The molecule has 1 amide bonds. The fourth-order valence-electron chi connectivity index (χ4n) is 3.39. The topological polar surface area (TPSA) is 55.6 Å². The smallest absolute Gasteiger partial charge is 0.230 e. The van der Waals surface area contributed by atoms with Crippen LogP contribution in [0.2, 0.25) is 0 Å². The zero-order valence-electron chi connectivity index (χ0n) is 12.7. The Kier molecular flexibility index (Phi) is 4.15. The van der Waals surface area contributed by atoms with E-state index >= 15 is 0 Å². The van der Waals surface area contributed by atoms with Crippen LogP contribution in [-0.4, -0.2) is 18.6 Å². The number of hydrogen-bond acceptors (Lipinski definition) is 3. The molecule has 1 aromatic rings. The Labute approximate surface area is 126 Å². The molecule has 1 aliphatic heterocycles. The highest BCUT2D eigenvalue weighted by atomic mass is 16.5. The van der Waals surface area contributed by atoms with Gasteiger partial charge in [-0.15, -0.1) is 0 Å². The van der Waals surface area contributed by atoms with Crippen LogP contribution in [0.5, 0.6) is 5.75 Å². The van der Waals surface area contributed by atoms with Gasteiger partial charge in [-0.05, 0) is 37.5 Å². The van der Waals surface area contributed by atoms with Crippen LogP contribution in [0.1, 0.15) is 44.6 Å². The maximum Gasteiger partial charge on any atom is 0.230 e. The molecule has 0 spiro atoms. The molecule has 4 nitrogen and oxygen atoms in total. The number of fused-ring (bicyclic) bond motifs is 1. The van der Waals surface area contributed by atoms with E-state index in [-0.39, 0.29) is 17.9 Å². The van der Waals surface area contributed by atoms with Crippen LogP contribution in [-0.2, 0) is 11.3 Å². The lowest BCUT2D eigenvalue weighted by molar-refractivity contribution is -0.123. The quantitative estimate of drug-likeness (QED) is 0.910. The lowest BCUT2D eigenvalue weighted by Crippen LogP contribution is -2.45. The second kappa shape index (κ2) is 6.06. The van der Waals surface area contributed by atoms with E-state index < -0.39 is 0 Å². The zero-order valence-corrected chi connectivity index (χ0v) is 12.7. The number of ether oxygens (including phenoxy) is 1. The summed E-state index contributed by atoms with van der Waals surface area (Å²) in [6.45, 7) is 3.14. The van der Waals surface area contributed by atoms with Gasteiger partial charge in [-0.2, -0.15) is 0 Å². The maximum atomic E-state index is 12.9. The van der Waals surface area contributed by atoms with Crippen molar-refractivity contribution in [1.29, 1.82) is 0 Å². The Morgan fingerprint density at radius 2 is 2.10 bits per heavy atom. The molecule has 1 atom stereocenters. The largest absolute Gasteiger partial charge is 0.487 e. The number of nitrogens with zero attached hydrogens (tertiary/aromatic N) is 1. The van der Waals surface area contributed by atoms with Crippen LogP contribution in [0, 0.1) is 5.92 Å². The summed E-state index contributed by atoms with van der Waals surface area (Å²) in [6, 6.07) is 5.93. The first-order valence-electron chi connectivity index (χ1n) is 8.00. The number of carbonyl (C=O) groups excluding carboxylic acids is 1. The molecule has 21 heavy (non-hydrogen) atoms. The highest BCUT2D eigenvalue weighted by Crippen LogP contribution is 2.36. The van der Waals surface area contributed by atoms with Gasteiger partial charge in [0.05, 0.1) is 12.2 Å². The van der Waals surface area contributed by atoms with Crippen LogP contribution in [0.3, 0.4) is 0 Å². The molecule has 1 aromatic carbocycles. The second-order valence-electron chi connectivity index (χ2n) is 6.22. The molecule has 1 unspecified atom stereocenters. The maximum absolute atomic E-state index is 12.9. The molecule has 2 N–H and O–H groups in total. The number of carbonyl (C=O) groups is 1. The molecule has 0 bridgehead atoms. The fraction of sp³-hybridized carbons (Fsp3) is 0.588. The Morgan fingerprint density at radius 1 is 1.33 bits per heavy atom. The standard InChI is InChI=1S/C17H24N2O2/c1-12-11-19(17(20)14-5-3-2-4-6-14)15-8-7-13(10-18)9-16(15)21-12/h7-9,12,14H,2-6,10-11,18H2,1H3. The summed E-state index contributed by atoms with van der Waals surface area (Å²) in [4.78, 5) is 14.8. The van der Waals surface area contributed by atoms with Gasteiger partial charge in [0.25, 0.3) is 0 Å². The van der Waals surface area contributed by atoms with Crippen molar-refractivity contribution in [3.8, 4) is 5.75 Å². The van der Waals surface area contributed by atoms with E-state index in [0.717, 1.165) is 29.8 Å². The summed E-state index contributed by atoms with van der Waals surface area (Å²) in [6.07, 6.45) is 5.70. The molecule has 2 aliphatic rings. The van der Waals surface area contributed by atoms with Gasteiger partial charge >= 0.3 is 0 Å². The summed E-state index contributed by atoms with van der Waals surface area (Å²) in [5.74, 6) is 1.25. The minimum Gasteiger partial charge on any atom is -0.487 e. The molecule has 3 rings (SSSR count). The predicted octanol–water partition coefficient (Wildman–Crippen LogP) is 2.84. The van der Waals surface area contributed by atoms with Crippen molar-refractivity contribution in [3.63, 3.8) is 0 Å². The molecular formula is C17H24N2O2. The Bertz CT molecular complexity index is 524. The van der Waals surface area contributed by atoms with E-state index in [1.165, 1.54) is 19.3 Å². The molecule has 0 radical (unpaired) electrons. The van der Waals surface area contributed by atoms with Gasteiger partial charge in [-0.1, -0.05) is 25.3 Å². The SMILES string of the molecule is CC1CN(C(=O)C2CCCCC2)c2ccc(CN)cc2O1. The first-order valence-corrected chi connectivity index (χ1v) is 8.00. The Balaban J connectivity index is 1.87. The number of hydrogen-bond donors (Lipinski definition) is 1. The lowest BCUT2D eigenvalue weighted by Gasteiger charge is -2.36. The highest BCUT2D eigenvalue weighted by Gasteiger charge is 2.32. The lowest BCUT2D eigenvalue weighted by atomic mass is 9.88. The van der Waals surface area contributed by atoms with Crippen molar-refractivity contribution in [2.24, 2.45) is 11.7 Å². The van der Waals surface area contributed by atoms with Crippen molar-refractivity contribution in [2.45, 2.75) is 51.7 Å². The number of amides is 1. The minimum absolute atomic E-state index is 0.0260. The third kappa shape index (κ3) is 2.91. The van der Waals surface area contributed by atoms with Crippen LogP contribution >= 0.6 is 0 Å². The molecule has 114 valence electrons. The Hall–Kier alpha value is -1.55. The van der Waals surface area contributed by atoms with E-state index in [1.807, 2.05) is 30.0 Å². The third-order valence-electron chi connectivity index (χ3n) is 4.54. The van der Waals surface area contributed by atoms with Gasteiger partial charge in [0.15, 0.2) is 0 Å². The molecule has 0 saturated heterocycles. The third-order valence-corrected chi connectivity index (χ3v) is 4.54. The van der Waals surface area contributed by atoms with Gasteiger partial charge in [-0.25, -0.2) is 0 Å². The van der Waals surface area contributed by atoms with Gasteiger partial charge in [0.1, 0.15) is 11.9 Å². The average molecular weight is 288 g/mol. The molecule has 1 saturated carbocycles. The average Bonchev–Trinajstić information content (AvgIpc) is 2.53. The van der Waals surface area contributed by atoms with Gasteiger partial charge in [0.2, 0.25) is 5.91 Å². The van der Waals surface area contributed by atoms with E-state index in [1.54, 1.807) is 0 Å². The van der Waals surface area contributed by atoms with Crippen LogP contribution < -0.4 is 15.4 Å². The van der Waals surface area contributed by atoms with Gasteiger partial charge in [0, 0.05) is 12.5 Å². The van der Waals surface area contributed by atoms with Gasteiger partial charge in [-0.3, -0.25) is 4.79 Å². The number of anilines is 1. The highest BCUT2D eigenvalue weighted by molar-refractivity contribution is 5.97. The van der Waals surface area contributed by atoms with Crippen molar-refractivity contribution in [3.05, 3.63) is 23.8 Å². The zero-order chi connectivity index (χ0) is 14.8. The molecule has 1 heterocycles. The first kappa shape index (κ1) is 14.4. The monoisotopic (exact) mass is 288 g/mol. The van der Waals surface area contributed by atoms with Crippen LogP contribution in [0.4, 0.5) is 5.69 Å². The fourth-order valence-corrected chi connectivity index (χ4v) is 3.39. The van der Waals surface area contributed by atoms with Crippen molar-refractivity contribution >= 4 is 11.6 Å².